The van der Waals surface area contributed by atoms with Gasteiger partial charge in [-0.1, -0.05) is 24.3 Å². The summed E-state index contributed by atoms with van der Waals surface area (Å²) in [4.78, 5) is 7.31. The van der Waals surface area contributed by atoms with Crippen LogP contribution in [0.5, 0.6) is 0 Å². The summed E-state index contributed by atoms with van der Waals surface area (Å²) in [7, 11) is 1.72. The Kier molecular flexibility index (Phi) is 8.91. The molecule has 2 N–H and O–H groups in total. The summed E-state index contributed by atoms with van der Waals surface area (Å²) in [5.74, 6) is 0.826. The van der Waals surface area contributed by atoms with Crippen LogP contribution < -0.4 is 10.6 Å². The van der Waals surface area contributed by atoms with Crippen molar-refractivity contribution in [3.63, 3.8) is 0 Å². The van der Waals surface area contributed by atoms with Gasteiger partial charge in [-0.25, -0.2) is 4.99 Å². The van der Waals surface area contributed by atoms with Crippen molar-refractivity contribution in [1.82, 2.24) is 25.3 Å². The first kappa shape index (κ1) is 23.3. The first-order chi connectivity index (χ1) is 15.1. The quantitative estimate of drug-likeness (QED) is 0.452. The number of benzene rings is 1. The van der Waals surface area contributed by atoms with E-state index in [2.05, 4.69) is 65.7 Å². The van der Waals surface area contributed by atoms with Gasteiger partial charge < -0.3 is 15.4 Å². The Balaban J connectivity index is 1.57. The highest BCUT2D eigenvalue weighted by atomic mass is 16.5. The SMILES string of the molecule is CCNC(=NCc1ccc(CN2CCCC2)cc1)NCc1c(C)nn(CCOC)c1C. The summed E-state index contributed by atoms with van der Waals surface area (Å²) >= 11 is 0. The minimum Gasteiger partial charge on any atom is -0.383 e. The maximum absolute atomic E-state index is 5.19. The van der Waals surface area contributed by atoms with Gasteiger partial charge in [0.05, 0.1) is 25.4 Å². The van der Waals surface area contributed by atoms with Gasteiger partial charge in [-0.2, -0.15) is 5.10 Å². The van der Waals surface area contributed by atoms with E-state index in [9.17, 15) is 0 Å². The molecule has 7 nitrogen and oxygen atoms in total. The second-order valence-electron chi connectivity index (χ2n) is 8.21. The number of aromatic nitrogens is 2. The molecule has 31 heavy (non-hydrogen) atoms. The van der Waals surface area contributed by atoms with Crippen LogP contribution in [0, 0.1) is 13.8 Å². The number of nitrogens with zero attached hydrogens (tertiary/aromatic N) is 4. The van der Waals surface area contributed by atoms with Gasteiger partial charge in [0, 0.05) is 38.0 Å². The van der Waals surface area contributed by atoms with Gasteiger partial charge in [-0.3, -0.25) is 9.58 Å². The van der Waals surface area contributed by atoms with Crippen LogP contribution in [0.4, 0.5) is 0 Å². The van der Waals surface area contributed by atoms with Crippen molar-refractivity contribution in [2.24, 2.45) is 4.99 Å². The Bertz CT molecular complexity index is 836. The van der Waals surface area contributed by atoms with Gasteiger partial charge in [0.15, 0.2) is 5.96 Å². The van der Waals surface area contributed by atoms with Gasteiger partial charge in [0.2, 0.25) is 0 Å². The van der Waals surface area contributed by atoms with Crippen molar-refractivity contribution in [3.05, 3.63) is 52.3 Å². The molecule has 1 aromatic heterocycles. The van der Waals surface area contributed by atoms with Gasteiger partial charge in [0.25, 0.3) is 0 Å². The molecule has 1 fully saturated rings. The topological polar surface area (TPSA) is 66.7 Å². The summed E-state index contributed by atoms with van der Waals surface area (Å²) in [5, 5.41) is 11.5. The zero-order valence-corrected chi connectivity index (χ0v) is 19.6. The number of hydrogen-bond donors (Lipinski definition) is 2. The minimum absolute atomic E-state index is 0.657. The molecule has 170 valence electrons. The molecule has 0 bridgehead atoms. The number of likely N-dealkylation sites (tertiary alicyclic amines) is 1. The third-order valence-electron chi connectivity index (χ3n) is 5.86. The number of ether oxygens (including phenoxy) is 1. The monoisotopic (exact) mass is 426 g/mol. The van der Waals surface area contributed by atoms with Crippen LogP contribution in [-0.4, -0.2) is 54.0 Å². The number of nitrogens with one attached hydrogen (secondary N) is 2. The highest BCUT2D eigenvalue weighted by Crippen LogP contribution is 2.14. The average Bonchev–Trinajstić information content (AvgIpc) is 3.37. The number of rotatable bonds is 10. The zero-order chi connectivity index (χ0) is 22.1. The minimum atomic E-state index is 0.657. The first-order valence-corrected chi connectivity index (χ1v) is 11.4. The fourth-order valence-electron chi connectivity index (χ4n) is 4.02. The van der Waals surface area contributed by atoms with E-state index >= 15 is 0 Å². The number of aliphatic imine (C=N–C) groups is 1. The third kappa shape index (κ3) is 6.80. The Hall–Kier alpha value is -2.38. The smallest absolute Gasteiger partial charge is 0.191 e. The molecule has 1 saturated heterocycles. The Labute approximate surface area is 186 Å². The molecule has 1 aromatic carbocycles. The molecule has 2 aromatic rings. The maximum atomic E-state index is 5.19. The molecule has 2 heterocycles. The van der Waals surface area contributed by atoms with E-state index in [1.807, 2.05) is 4.68 Å². The Morgan fingerprint density at radius 2 is 1.81 bits per heavy atom. The lowest BCUT2D eigenvalue weighted by Gasteiger charge is -2.14. The van der Waals surface area contributed by atoms with Crippen molar-refractivity contribution in [1.29, 1.82) is 0 Å². The molecule has 0 unspecified atom stereocenters. The number of hydrogen-bond acceptors (Lipinski definition) is 4. The number of methoxy groups -OCH3 is 1. The summed E-state index contributed by atoms with van der Waals surface area (Å²) in [6.45, 7) is 13.4. The van der Waals surface area contributed by atoms with Crippen molar-refractivity contribution in [3.8, 4) is 0 Å². The van der Waals surface area contributed by atoms with Gasteiger partial charge >= 0.3 is 0 Å². The van der Waals surface area contributed by atoms with E-state index in [0.717, 1.165) is 31.3 Å². The van der Waals surface area contributed by atoms with E-state index in [0.29, 0.717) is 19.7 Å². The molecule has 1 aliphatic heterocycles. The van der Waals surface area contributed by atoms with Crippen LogP contribution >= 0.6 is 0 Å². The summed E-state index contributed by atoms with van der Waals surface area (Å²) in [5.41, 5.74) is 6.04. The Morgan fingerprint density at radius 3 is 2.48 bits per heavy atom. The number of aryl methyl sites for hydroxylation is 1. The molecule has 0 aliphatic carbocycles. The lowest BCUT2D eigenvalue weighted by atomic mass is 10.1. The largest absolute Gasteiger partial charge is 0.383 e. The van der Waals surface area contributed by atoms with E-state index in [4.69, 9.17) is 9.73 Å². The molecule has 7 heteroatoms. The molecule has 0 saturated carbocycles. The summed E-state index contributed by atoms with van der Waals surface area (Å²) in [6, 6.07) is 8.88. The molecule has 0 radical (unpaired) electrons. The van der Waals surface area contributed by atoms with Crippen LogP contribution in [0.25, 0.3) is 0 Å². The van der Waals surface area contributed by atoms with E-state index in [1.54, 1.807) is 7.11 Å². The first-order valence-electron chi connectivity index (χ1n) is 11.4. The van der Waals surface area contributed by atoms with Gasteiger partial charge in [0.1, 0.15) is 0 Å². The van der Waals surface area contributed by atoms with Gasteiger partial charge in [-0.05, 0) is 57.8 Å². The highest BCUT2D eigenvalue weighted by Gasteiger charge is 2.13. The van der Waals surface area contributed by atoms with Crippen LogP contribution in [0.2, 0.25) is 0 Å². The van der Waals surface area contributed by atoms with Crippen LogP contribution in [0.1, 0.15) is 47.8 Å². The molecule has 0 amide bonds. The summed E-state index contributed by atoms with van der Waals surface area (Å²) in [6.07, 6.45) is 2.67. The van der Waals surface area contributed by atoms with Crippen molar-refractivity contribution < 1.29 is 4.74 Å². The van der Waals surface area contributed by atoms with Crippen molar-refractivity contribution in [2.45, 2.75) is 59.8 Å². The second-order valence-corrected chi connectivity index (χ2v) is 8.21. The molecule has 3 rings (SSSR count). The highest BCUT2D eigenvalue weighted by molar-refractivity contribution is 5.79. The third-order valence-corrected chi connectivity index (χ3v) is 5.86. The standard InChI is InChI=1S/C24H38N6O/c1-5-25-24(27-17-23-19(2)28-30(20(23)3)14-15-31-4)26-16-21-8-10-22(11-9-21)18-29-12-6-7-13-29/h8-11H,5-7,12-18H2,1-4H3,(H2,25,26,27). The second kappa shape index (κ2) is 11.9. The maximum Gasteiger partial charge on any atom is 0.191 e. The molecular formula is C24H38N6O. The molecule has 0 atom stereocenters. The normalized spacial score (nSPS) is 14.9. The van der Waals surface area contributed by atoms with Crippen LogP contribution in [-0.2, 0) is 30.9 Å². The molecule has 1 aliphatic rings. The fourth-order valence-corrected chi connectivity index (χ4v) is 4.02. The van der Waals surface area contributed by atoms with Crippen LogP contribution in [0.15, 0.2) is 29.3 Å². The molecular weight excluding hydrogens is 388 g/mol. The summed E-state index contributed by atoms with van der Waals surface area (Å²) < 4.78 is 7.20. The fraction of sp³-hybridized carbons (Fsp3) is 0.583. The Morgan fingerprint density at radius 1 is 1.10 bits per heavy atom. The lowest BCUT2D eigenvalue weighted by molar-refractivity contribution is 0.182. The van der Waals surface area contributed by atoms with E-state index < -0.39 is 0 Å². The van der Waals surface area contributed by atoms with Crippen molar-refractivity contribution >= 4 is 5.96 Å². The van der Waals surface area contributed by atoms with E-state index in [1.165, 1.54) is 48.3 Å². The predicted octanol–water partition coefficient (Wildman–Crippen LogP) is 3.00. The van der Waals surface area contributed by atoms with Crippen LogP contribution in [0.3, 0.4) is 0 Å². The molecule has 0 spiro atoms. The average molecular weight is 427 g/mol. The predicted molar refractivity (Wildman–Crippen MR) is 126 cm³/mol. The zero-order valence-electron chi connectivity index (χ0n) is 19.6. The number of guanidine groups is 1. The lowest BCUT2D eigenvalue weighted by Crippen LogP contribution is -2.37. The van der Waals surface area contributed by atoms with Gasteiger partial charge in [-0.15, -0.1) is 0 Å². The van der Waals surface area contributed by atoms with E-state index in [-0.39, 0.29) is 0 Å². The van der Waals surface area contributed by atoms with Crippen molar-refractivity contribution in [2.75, 3.05) is 33.4 Å².